The molecule has 0 radical (unpaired) electrons. The second-order valence-corrected chi connectivity index (χ2v) is 21.0. The summed E-state index contributed by atoms with van der Waals surface area (Å²) in [5.74, 6) is 0.946. The number of carbonyl (C=O) groups is 4. The van der Waals surface area contributed by atoms with Crippen molar-refractivity contribution in [3.05, 3.63) is 11.4 Å². The summed E-state index contributed by atoms with van der Waals surface area (Å²) in [6, 6.07) is 0.392. The number of carbonyl (C=O) groups excluding carboxylic acids is 4. The molecule has 4 rings (SSSR count). The van der Waals surface area contributed by atoms with E-state index in [1.807, 2.05) is 28.3 Å². The third-order valence-electron chi connectivity index (χ3n) is 11.4. The van der Waals surface area contributed by atoms with Crippen molar-refractivity contribution in [2.24, 2.45) is 5.41 Å². The fraction of sp³-hybridized carbons (Fsp3) is 0.864. The van der Waals surface area contributed by atoms with Crippen LogP contribution in [0.4, 0.5) is 4.79 Å². The number of nitrogens with zero attached hydrogens (tertiary/aromatic N) is 5. The van der Waals surface area contributed by atoms with E-state index in [1.165, 1.54) is 0 Å². The Bertz CT molecular complexity index is 1570. The molecular formula is C44H79N9O9S2. The van der Waals surface area contributed by atoms with Crippen molar-refractivity contribution < 1.29 is 42.9 Å². The van der Waals surface area contributed by atoms with Crippen molar-refractivity contribution in [1.29, 1.82) is 0 Å². The number of urea groups is 1. The summed E-state index contributed by atoms with van der Waals surface area (Å²) in [5.41, 5.74) is 1.88. The molecule has 5 atom stereocenters. The highest BCUT2D eigenvalue weighted by atomic mass is 32.2. The zero-order valence-corrected chi connectivity index (χ0v) is 41.2. The summed E-state index contributed by atoms with van der Waals surface area (Å²) in [5, 5.41) is 21.3. The number of thiol groups is 1. The average Bonchev–Trinajstić information content (AvgIpc) is 3.90. The van der Waals surface area contributed by atoms with Crippen LogP contribution in [0.15, 0.2) is 0 Å². The number of nitrogens with one attached hydrogen (secondary N) is 4. The molecule has 2 fully saturated rings. The molecule has 1 unspecified atom stereocenters. The molecule has 1 aromatic rings. The topological polar surface area (TPSA) is 200 Å². The molecule has 5 amide bonds. The monoisotopic (exact) mass is 942 g/mol. The molecule has 366 valence electrons. The SMILES string of the molecule is CO[C@@H]1Cc2nnn(CC(C)(S)COCC(C)(C)CN(C)C)c2CCN(C(=O)CCCC(=O)NCCCOCCOCCOCCCNC(=O)CCCC[C@@H]2SC[C@@H]3NC(=O)N[C@@H]32)C1. The van der Waals surface area contributed by atoms with Crippen LogP contribution in [0.1, 0.15) is 89.9 Å². The van der Waals surface area contributed by atoms with E-state index in [0.717, 1.165) is 49.4 Å². The minimum atomic E-state index is -0.475. The van der Waals surface area contributed by atoms with E-state index in [0.29, 0.717) is 123 Å². The maximum absolute atomic E-state index is 13.4. The normalized spacial score (nSPS) is 20.8. The molecule has 64 heavy (non-hydrogen) atoms. The van der Waals surface area contributed by atoms with Gasteiger partial charge in [0.15, 0.2) is 0 Å². The van der Waals surface area contributed by atoms with Gasteiger partial charge in [0.1, 0.15) is 0 Å². The van der Waals surface area contributed by atoms with Crippen molar-refractivity contribution in [3.8, 4) is 0 Å². The van der Waals surface area contributed by atoms with Crippen LogP contribution in [0.25, 0.3) is 0 Å². The Morgan fingerprint density at radius 3 is 2.19 bits per heavy atom. The standard InChI is InChI=1S/C44H79N9O9S2/c1-43(2,29-51(4)5)31-62-32-44(3,63)30-53-36-16-19-52(27-33(58-6)26-34(36)49-50-53)40(56)15-9-14-39(55)46-18-11-21-60-23-25-61-24-22-59-20-10-17-45-38(54)13-8-7-12-37-41-35(28-64-37)47-42(57)48-41/h33,35,37,41,63H,7-32H2,1-6H3,(H,45,54)(H,46,55)(H2,47,48,57)/t33-,35+,37+,41+,44?/m1/s1. The van der Waals surface area contributed by atoms with Crippen LogP contribution in [0, 0.1) is 5.41 Å². The van der Waals surface area contributed by atoms with Gasteiger partial charge in [0.05, 0.1) is 80.5 Å². The van der Waals surface area contributed by atoms with E-state index in [2.05, 4.69) is 64.4 Å². The molecule has 4 heterocycles. The molecule has 0 spiro atoms. The lowest BCUT2D eigenvalue weighted by atomic mass is 9.94. The summed E-state index contributed by atoms with van der Waals surface area (Å²) in [6.07, 6.45) is 6.74. The Morgan fingerprint density at radius 2 is 1.53 bits per heavy atom. The minimum absolute atomic E-state index is 0.00384. The molecule has 0 bridgehead atoms. The fourth-order valence-electron chi connectivity index (χ4n) is 8.34. The molecule has 0 aliphatic carbocycles. The Morgan fingerprint density at radius 1 is 0.875 bits per heavy atom. The van der Waals surface area contributed by atoms with Crippen molar-refractivity contribution in [3.63, 3.8) is 0 Å². The molecule has 0 aromatic carbocycles. The number of hydrogen-bond acceptors (Lipinski definition) is 14. The predicted molar refractivity (Wildman–Crippen MR) is 251 cm³/mol. The number of ether oxygens (including phenoxy) is 5. The van der Waals surface area contributed by atoms with Crippen molar-refractivity contribution in [2.75, 3.05) is 113 Å². The van der Waals surface area contributed by atoms with E-state index in [9.17, 15) is 19.2 Å². The van der Waals surface area contributed by atoms with Crippen molar-refractivity contribution in [1.82, 2.24) is 46.1 Å². The van der Waals surface area contributed by atoms with Crippen LogP contribution >= 0.6 is 24.4 Å². The Hall–Kier alpha value is -2.72. The average molecular weight is 942 g/mol. The van der Waals surface area contributed by atoms with E-state index in [-0.39, 0.29) is 60.2 Å². The number of thioether (sulfide) groups is 1. The van der Waals surface area contributed by atoms with Gasteiger partial charge in [-0.25, -0.2) is 9.48 Å². The van der Waals surface area contributed by atoms with Gasteiger partial charge >= 0.3 is 6.03 Å². The van der Waals surface area contributed by atoms with E-state index < -0.39 is 4.75 Å². The number of hydrogen-bond donors (Lipinski definition) is 5. The lowest BCUT2D eigenvalue weighted by molar-refractivity contribution is -0.133. The molecule has 1 aromatic heterocycles. The highest BCUT2D eigenvalue weighted by Gasteiger charge is 2.42. The van der Waals surface area contributed by atoms with Gasteiger partial charge in [-0.1, -0.05) is 25.5 Å². The van der Waals surface area contributed by atoms with Gasteiger partial charge in [0.2, 0.25) is 17.7 Å². The summed E-state index contributed by atoms with van der Waals surface area (Å²) in [4.78, 5) is 53.5. The molecule has 3 aliphatic rings. The van der Waals surface area contributed by atoms with Gasteiger partial charge in [-0.3, -0.25) is 14.4 Å². The largest absolute Gasteiger partial charge is 0.379 e. The summed E-state index contributed by atoms with van der Waals surface area (Å²) < 4.78 is 30.1. The predicted octanol–water partition coefficient (Wildman–Crippen LogP) is 2.47. The first-order chi connectivity index (χ1) is 30.6. The van der Waals surface area contributed by atoms with Crippen LogP contribution in [0.2, 0.25) is 0 Å². The first-order valence-electron chi connectivity index (χ1n) is 23.3. The van der Waals surface area contributed by atoms with E-state index >= 15 is 0 Å². The van der Waals surface area contributed by atoms with Gasteiger partial charge < -0.3 is 54.8 Å². The second kappa shape index (κ2) is 28.5. The van der Waals surface area contributed by atoms with Gasteiger partial charge in [-0.2, -0.15) is 24.4 Å². The highest BCUT2D eigenvalue weighted by molar-refractivity contribution is 8.00. The summed E-state index contributed by atoms with van der Waals surface area (Å²) in [6.45, 7) is 13.9. The van der Waals surface area contributed by atoms with Gasteiger partial charge in [-0.15, -0.1) is 5.10 Å². The maximum atomic E-state index is 13.4. The first-order valence-corrected chi connectivity index (χ1v) is 24.8. The number of aromatic nitrogens is 3. The highest BCUT2D eigenvalue weighted by Crippen LogP contribution is 2.33. The van der Waals surface area contributed by atoms with Crippen LogP contribution < -0.4 is 21.3 Å². The van der Waals surface area contributed by atoms with Gasteiger partial charge in [0.25, 0.3) is 0 Å². The van der Waals surface area contributed by atoms with Crippen LogP contribution in [-0.4, -0.2) is 189 Å². The second-order valence-electron chi connectivity index (χ2n) is 18.6. The molecule has 2 saturated heterocycles. The molecule has 3 aliphatic heterocycles. The first kappa shape index (κ1) is 53.9. The summed E-state index contributed by atoms with van der Waals surface area (Å²) in [7, 11) is 5.78. The molecule has 4 N–H and O–H groups in total. The maximum Gasteiger partial charge on any atom is 0.315 e. The number of fused-ring (bicyclic) bond motifs is 2. The smallest absolute Gasteiger partial charge is 0.315 e. The lowest BCUT2D eigenvalue weighted by Gasteiger charge is -2.31. The number of rotatable bonds is 32. The van der Waals surface area contributed by atoms with Gasteiger partial charge in [-0.05, 0) is 53.1 Å². The molecular weight excluding hydrogens is 863 g/mol. The number of unbranched alkanes of at least 4 members (excludes halogenated alkanes) is 1. The molecule has 18 nitrogen and oxygen atoms in total. The minimum Gasteiger partial charge on any atom is -0.379 e. The zero-order chi connectivity index (χ0) is 46.4. The van der Waals surface area contributed by atoms with Gasteiger partial charge in [0, 0.05) is 102 Å². The zero-order valence-electron chi connectivity index (χ0n) is 39.5. The quantitative estimate of drug-likeness (QED) is 0.0402. The third-order valence-corrected chi connectivity index (χ3v) is 13.2. The lowest BCUT2D eigenvalue weighted by Crippen LogP contribution is -2.42. The number of methoxy groups -OCH3 is 1. The fourth-order valence-corrected chi connectivity index (χ4v) is 10.1. The Balaban J connectivity index is 0.952. The van der Waals surface area contributed by atoms with Crippen LogP contribution in [0.5, 0.6) is 0 Å². The Labute approximate surface area is 391 Å². The van der Waals surface area contributed by atoms with Crippen LogP contribution in [-0.2, 0) is 57.5 Å². The Kier molecular flexibility index (Phi) is 24.0. The van der Waals surface area contributed by atoms with Crippen LogP contribution in [0.3, 0.4) is 0 Å². The van der Waals surface area contributed by atoms with Crippen molar-refractivity contribution in [2.45, 2.75) is 126 Å². The molecule has 0 saturated carbocycles. The van der Waals surface area contributed by atoms with Crippen molar-refractivity contribution >= 4 is 48.1 Å². The van der Waals surface area contributed by atoms with E-state index in [4.69, 9.17) is 36.3 Å². The number of amides is 5. The van der Waals surface area contributed by atoms with E-state index in [1.54, 1.807) is 7.11 Å². The third kappa shape index (κ3) is 20.4. The summed E-state index contributed by atoms with van der Waals surface area (Å²) >= 11 is 6.84. The molecule has 20 heteroatoms.